The summed E-state index contributed by atoms with van der Waals surface area (Å²) < 4.78 is 2.03. The van der Waals surface area contributed by atoms with Crippen molar-refractivity contribution in [2.75, 3.05) is 10.6 Å². The Morgan fingerprint density at radius 3 is 2.49 bits per heavy atom. The highest BCUT2D eigenvalue weighted by Crippen LogP contribution is 2.28. The van der Waals surface area contributed by atoms with E-state index in [4.69, 9.17) is 11.6 Å². The van der Waals surface area contributed by atoms with Gasteiger partial charge in [0, 0.05) is 21.8 Å². The first-order valence-electron chi connectivity index (χ1n) is 12.0. The summed E-state index contributed by atoms with van der Waals surface area (Å²) in [7, 11) is 0. The molecule has 5 rings (SSSR count). The van der Waals surface area contributed by atoms with E-state index in [9.17, 15) is 24.3 Å². The van der Waals surface area contributed by atoms with Crippen LogP contribution in [0.3, 0.4) is 0 Å². The first kappa shape index (κ1) is 27.4. The molecule has 2 heterocycles. The van der Waals surface area contributed by atoms with Gasteiger partial charge in [-0.25, -0.2) is 4.79 Å². The van der Waals surface area contributed by atoms with Gasteiger partial charge < -0.3 is 21.1 Å². The number of fused-ring (bicyclic) bond motifs is 1. The average Bonchev–Trinajstić information content (AvgIpc) is 3.64. The van der Waals surface area contributed by atoms with E-state index in [0.29, 0.717) is 21.8 Å². The Hall–Kier alpha value is -5.14. The number of aromatic carboxylic acids is 1. The zero-order chi connectivity index (χ0) is 28.9. The topological polar surface area (TPSA) is 168 Å². The third-order valence-electron chi connectivity index (χ3n) is 5.91. The normalized spacial score (nSPS) is 11.5. The molecule has 0 saturated carbocycles. The fourth-order valence-corrected chi connectivity index (χ4v) is 5.05. The number of rotatable bonds is 8. The SMILES string of the molecule is O=C(Nc1cc(Cl)ccc1-n1cnnn1)C(=O)N[C@@H](Cc1ccccc1)C(=O)Nc1ccc2sc(C(=O)O)cc2c1. The van der Waals surface area contributed by atoms with Crippen LogP contribution in [0.4, 0.5) is 11.4 Å². The Kier molecular flexibility index (Phi) is 7.99. The zero-order valence-electron chi connectivity index (χ0n) is 20.9. The second-order valence-electron chi connectivity index (χ2n) is 8.74. The lowest BCUT2D eigenvalue weighted by Gasteiger charge is -2.19. The van der Waals surface area contributed by atoms with Crippen molar-refractivity contribution in [1.29, 1.82) is 0 Å². The molecule has 3 aromatic carbocycles. The maximum atomic E-state index is 13.3. The van der Waals surface area contributed by atoms with Gasteiger partial charge in [0.1, 0.15) is 17.2 Å². The van der Waals surface area contributed by atoms with Crippen LogP contribution in [-0.4, -0.2) is 55.0 Å². The number of anilines is 2. The van der Waals surface area contributed by atoms with Gasteiger partial charge in [-0.05, 0) is 63.8 Å². The van der Waals surface area contributed by atoms with Gasteiger partial charge in [-0.1, -0.05) is 41.9 Å². The molecule has 2 aromatic heterocycles. The van der Waals surface area contributed by atoms with Gasteiger partial charge in [0.15, 0.2) is 0 Å². The molecule has 41 heavy (non-hydrogen) atoms. The number of hydrogen-bond acceptors (Lipinski definition) is 8. The van der Waals surface area contributed by atoms with E-state index in [2.05, 4.69) is 31.5 Å². The summed E-state index contributed by atoms with van der Waals surface area (Å²) >= 11 is 7.21. The van der Waals surface area contributed by atoms with Crippen molar-refractivity contribution < 1.29 is 24.3 Å². The largest absolute Gasteiger partial charge is 0.477 e. The van der Waals surface area contributed by atoms with Gasteiger partial charge >= 0.3 is 17.8 Å². The van der Waals surface area contributed by atoms with Crippen LogP contribution in [0, 0.1) is 0 Å². The van der Waals surface area contributed by atoms with Crippen LogP contribution in [0.1, 0.15) is 15.2 Å². The molecule has 0 aliphatic rings. The summed E-state index contributed by atoms with van der Waals surface area (Å²) in [5, 5.41) is 28.9. The zero-order valence-corrected chi connectivity index (χ0v) is 22.5. The number of nitrogens with one attached hydrogen (secondary N) is 3. The molecule has 0 bridgehead atoms. The van der Waals surface area contributed by atoms with Gasteiger partial charge in [0.25, 0.3) is 0 Å². The second kappa shape index (κ2) is 11.9. The highest BCUT2D eigenvalue weighted by Gasteiger charge is 2.26. The first-order chi connectivity index (χ1) is 19.8. The van der Waals surface area contributed by atoms with Gasteiger partial charge in [0.2, 0.25) is 5.91 Å². The van der Waals surface area contributed by atoms with E-state index >= 15 is 0 Å². The molecule has 0 unspecified atom stereocenters. The third kappa shape index (κ3) is 6.54. The van der Waals surface area contributed by atoms with Crippen molar-refractivity contribution >= 4 is 68.1 Å². The van der Waals surface area contributed by atoms with E-state index in [1.165, 1.54) is 23.1 Å². The molecule has 0 aliphatic heterocycles. The number of amides is 3. The Morgan fingerprint density at radius 2 is 1.76 bits per heavy atom. The van der Waals surface area contributed by atoms with Crippen LogP contribution in [0.2, 0.25) is 5.02 Å². The number of nitrogens with zero attached hydrogens (tertiary/aromatic N) is 4. The first-order valence-corrected chi connectivity index (χ1v) is 13.2. The highest BCUT2D eigenvalue weighted by atomic mass is 35.5. The molecule has 0 aliphatic carbocycles. The monoisotopic (exact) mass is 589 g/mol. The number of carbonyl (C=O) groups excluding carboxylic acids is 3. The molecule has 4 N–H and O–H groups in total. The molecule has 1 atom stereocenters. The molecular formula is C27H20ClN7O5S. The fourth-order valence-electron chi connectivity index (χ4n) is 4.00. The number of aromatic nitrogens is 4. The molecule has 206 valence electrons. The molecule has 5 aromatic rings. The molecular weight excluding hydrogens is 570 g/mol. The van der Waals surface area contributed by atoms with Crippen molar-refractivity contribution in [3.8, 4) is 5.69 Å². The molecule has 14 heteroatoms. The minimum atomic E-state index is -1.12. The lowest BCUT2D eigenvalue weighted by molar-refractivity contribution is -0.137. The molecule has 3 amide bonds. The standard InChI is InChI=1S/C27H20ClN7O5S/c28-17-6-8-21(35-14-29-33-34-35)19(13-17)31-25(37)26(38)32-20(10-15-4-2-1-3-5-15)24(36)30-18-7-9-22-16(11-18)12-23(41-22)27(39)40/h1-9,11-14,20H,10H2,(H,30,36)(H,31,37)(H,32,38)(H,39,40)/t20-/m0/s1. The van der Waals surface area contributed by atoms with Crippen molar-refractivity contribution in [2.45, 2.75) is 12.5 Å². The highest BCUT2D eigenvalue weighted by molar-refractivity contribution is 7.20. The number of carboxylic acids is 1. The predicted molar refractivity (Wildman–Crippen MR) is 152 cm³/mol. The van der Waals surface area contributed by atoms with E-state index in [-0.39, 0.29) is 17.0 Å². The Bertz CT molecular complexity index is 1760. The number of tetrazole rings is 1. The molecule has 0 spiro atoms. The molecule has 0 radical (unpaired) electrons. The number of hydrogen-bond donors (Lipinski definition) is 4. The summed E-state index contributed by atoms with van der Waals surface area (Å²) in [5.74, 6) is -3.69. The maximum Gasteiger partial charge on any atom is 0.345 e. The number of halogens is 1. The molecule has 0 fully saturated rings. The summed E-state index contributed by atoms with van der Waals surface area (Å²) in [5.41, 5.74) is 1.70. The van der Waals surface area contributed by atoms with Crippen LogP contribution < -0.4 is 16.0 Å². The third-order valence-corrected chi connectivity index (χ3v) is 7.25. The van der Waals surface area contributed by atoms with Crippen LogP contribution >= 0.6 is 22.9 Å². The summed E-state index contributed by atoms with van der Waals surface area (Å²) in [6.45, 7) is 0. The number of carboxylic acid groups (broad SMARTS) is 1. The van der Waals surface area contributed by atoms with E-state index in [0.717, 1.165) is 21.6 Å². The van der Waals surface area contributed by atoms with Gasteiger partial charge in [-0.2, -0.15) is 4.68 Å². The van der Waals surface area contributed by atoms with E-state index in [1.54, 1.807) is 54.6 Å². The Balaban J connectivity index is 1.34. The van der Waals surface area contributed by atoms with Crippen molar-refractivity contribution in [2.24, 2.45) is 0 Å². The second-order valence-corrected chi connectivity index (χ2v) is 10.3. The molecule has 0 saturated heterocycles. The van der Waals surface area contributed by atoms with E-state index in [1.807, 2.05) is 6.07 Å². The Morgan fingerprint density at radius 1 is 0.951 bits per heavy atom. The quantitative estimate of drug-likeness (QED) is 0.199. The average molecular weight is 590 g/mol. The van der Waals surface area contributed by atoms with Gasteiger partial charge in [-0.15, -0.1) is 16.4 Å². The minimum Gasteiger partial charge on any atom is -0.477 e. The van der Waals surface area contributed by atoms with Crippen molar-refractivity contribution in [3.63, 3.8) is 0 Å². The lowest BCUT2D eigenvalue weighted by atomic mass is 10.0. The smallest absolute Gasteiger partial charge is 0.345 e. The number of thiophene rings is 1. The van der Waals surface area contributed by atoms with Crippen LogP contribution in [0.15, 0.2) is 79.1 Å². The van der Waals surface area contributed by atoms with Gasteiger partial charge in [-0.3, -0.25) is 14.4 Å². The summed E-state index contributed by atoms with van der Waals surface area (Å²) in [4.78, 5) is 50.7. The predicted octanol–water partition coefficient (Wildman–Crippen LogP) is 3.53. The fraction of sp³-hybridized carbons (Fsp3) is 0.0741. The maximum absolute atomic E-state index is 13.3. The van der Waals surface area contributed by atoms with Crippen molar-refractivity contribution in [1.82, 2.24) is 25.5 Å². The van der Waals surface area contributed by atoms with Crippen LogP contribution in [0.25, 0.3) is 15.8 Å². The van der Waals surface area contributed by atoms with E-state index < -0.39 is 29.7 Å². The van der Waals surface area contributed by atoms with Gasteiger partial charge in [0.05, 0.1) is 11.4 Å². The van der Waals surface area contributed by atoms with Crippen molar-refractivity contribution in [3.05, 3.63) is 94.6 Å². The summed E-state index contributed by atoms with van der Waals surface area (Å²) in [6, 6.07) is 19.0. The minimum absolute atomic E-state index is 0.0998. The number of benzene rings is 3. The van der Waals surface area contributed by atoms with Crippen LogP contribution in [0.5, 0.6) is 0 Å². The van der Waals surface area contributed by atoms with Crippen LogP contribution in [-0.2, 0) is 20.8 Å². The number of carbonyl (C=O) groups is 4. The summed E-state index contributed by atoms with van der Waals surface area (Å²) in [6.07, 6.45) is 1.41. The lowest BCUT2D eigenvalue weighted by Crippen LogP contribution is -2.49. The Labute approximate surface area is 240 Å². The molecule has 12 nitrogen and oxygen atoms in total.